The van der Waals surface area contributed by atoms with E-state index in [1.54, 1.807) is 13.4 Å². The van der Waals surface area contributed by atoms with Gasteiger partial charge >= 0.3 is 0 Å². The van der Waals surface area contributed by atoms with Crippen LogP contribution in [0.15, 0.2) is 28.2 Å². The maximum absolute atomic E-state index is 12.7. The first-order valence-electron chi connectivity index (χ1n) is 7.70. The van der Waals surface area contributed by atoms with Gasteiger partial charge in [0.1, 0.15) is 0 Å². The number of nitrogens with one attached hydrogen (secondary N) is 2. The Morgan fingerprint density at radius 1 is 1.52 bits per heavy atom. The minimum Gasteiger partial charge on any atom is -0.462 e. The highest BCUT2D eigenvalue weighted by Crippen LogP contribution is 2.30. The number of amides is 1. The molecule has 1 aliphatic rings. The predicted molar refractivity (Wildman–Crippen MR) is 88.1 cm³/mol. The van der Waals surface area contributed by atoms with Crippen LogP contribution < -0.4 is 10.6 Å². The first-order valence-corrected chi connectivity index (χ1v) is 8.58. The molecular weight excluding hydrogens is 314 g/mol. The van der Waals surface area contributed by atoms with E-state index in [2.05, 4.69) is 15.6 Å². The molecule has 2 N–H and O–H groups in total. The Hall–Kier alpha value is -1.70. The van der Waals surface area contributed by atoms with E-state index in [1.165, 1.54) is 11.3 Å². The topological polar surface area (TPSA) is 76.4 Å². The Labute approximate surface area is 139 Å². The number of aromatic nitrogens is 1. The molecule has 0 saturated carbocycles. The highest BCUT2D eigenvalue weighted by molar-refractivity contribution is 7.13. The van der Waals surface area contributed by atoms with Crippen LogP contribution in [-0.4, -0.2) is 37.7 Å². The van der Waals surface area contributed by atoms with E-state index in [9.17, 15) is 4.79 Å². The molecule has 0 aromatic carbocycles. The molecule has 6 nitrogen and oxygen atoms in total. The number of furan rings is 1. The van der Waals surface area contributed by atoms with Crippen LogP contribution in [0.4, 0.5) is 0 Å². The SMILES string of the molecule is COCC1(C(=O)NCc2csc(-c3ccco3)n2)CCNCC1. The summed E-state index contributed by atoms with van der Waals surface area (Å²) >= 11 is 1.51. The van der Waals surface area contributed by atoms with Crippen molar-refractivity contribution in [1.82, 2.24) is 15.6 Å². The lowest BCUT2D eigenvalue weighted by Crippen LogP contribution is -2.50. The summed E-state index contributed by atoms with van der Waals surface area (Å²) in [6.07, 6.45) is 3.21. The number of hydrogen-bond acceptors (Lipinski definition) is 6. The van der Waals surface area contributed by atoms with E-state index < -0.39 is 5.41 Å². The number of piperidine rings is 1. The van der Waals surface area contributed by atoms with Crippen molar-refractivity contribution in [3.63, 3.8) is 0 Å². The zero-order valence-corrected chi connectivity index (χ0v) is 13.9. The van der Waals surface area contributed by atoms with Crippen LogP contribution in [0.5, 0.6) is 0 Å². The van der Waals surface area contributed by atoms with Crippen molar-refractivity contribution in [2.45, 2.75) is 19.4 Å². The van der Waals surface area contributed by atoms with Crippen molar-refractivity contribution >= 4 is 17.2 Å². The molecule has 7 heteroatoms. The molecule has 0 unspecified atom stereocenters. The molecule has 2 aromatic heterocycles. The fourth-order valence-electron chi connectivity index (χ4n) is 2.88. The second-order valence-corrected chi connectivity index (χ2v) is 6.63. The molecule has 0 aliphatic carbocycles. The predicted octanol–water partition coefficient (Wildman–Crippen LogP) is 2.04. The number of methoxy groups -OCH3 is 1. The van der Waals surface area contributed by atoms with Crippen LogP contribution in [-0.2, 0) is 16.1 Å². The Balaban J connectivity index is 1.61. The third kappa shape index (κ3) is 3.63. The van der Waals surface area contributed by atoms with Crippen molar-refractivity contribution in [3.05, 3.63) is 29.5 Å². The zero-order valence-electron chi connectivity index (χ0n) is 13.1. The van der Waals surface area contributed by atoms with Crippen LogP contribution in [0.3, 0.4) is 0 Å². The number of thiazole rings is 1. The smallest absolute Gasteiger partial charge is 0.228 e. The lowest BCUT2D eigenvalue weighted by molar-refractivity contribution is -0.136. The van der Waals surface area contributed by atoms with Gasteiger partial charge in [-0.2, -0.15) is 0 Å². The lowest BCUT2D eigenvalue weighted by Gasteiger charge is -2.35. The van der Waals surface area contributed by atoms with Gasteiger partial charge in [0, 0.05) is 12.5 Å². The van der Waals surface area contributed by atoms with Crippen molar-refractivity contribution in [3.8, 4) is 10.8 Å². The number of carbonyl (C=O) groups is 1. The molecule has 3 heterocycles. The standard InChI is InChI=1S/C16H21N3O3S/c1-21-11-16(4-6-17-7-5-16)15(20)18-9-12-10-23-14(19-12)13-3-2-8-22-13/h2-3,8,10,17H,4-7,9,11H2,1H3,(H,18,20). The first-order chi connectivity index (χ1) is 11.2. The van der Waals surface area contributed by atoms with E-state index in [-0.39, 0.29) is 5.91 Å². The molecule has 124 valence electrons. The van der Waals surface area contributed by atoms with Gasteiger partial charge < -0.3 is 19.8 Å². The molecule has 1 fully saturated rings. The summed E-state index contributed by atoms with van der Waals surface area (Å²) in [7, 11) is 1.65. The van der Waals surface area contributed by atoms with Gasteiger partial charge in [-0.1, -0.05) is 0 Å². The second-order valence-electron chi connectivity index (χ2n) is 5.77. The maximum Gasteiger partial charge on any atom is 0.228 e. The second kappa shape index (κ2) is 7.25. The van der Waals surface area contributed by atoms with E-state index in [4.69, 9.17) is 9.15 Å². The average molecular weight is 335 g/mol. The van der Waals surface area contributed by atoms with Crippen LogP contribution in [0.25, 0.3) is 10.8 Å². The third-order valence-electron chi connectivity index (χ3n) is 4.18. The van der Waals surface area contributed by atoms with Crippen LogP contribution >= 0.6 is 11.3 Å². The van der Waals surface area contributed by atoms with Gasteiger partial charge in [0.2, 0.25) is 5.91 Å². The summed E-state index contributed by atoms with van der Waals surface area (Å²) in [5.41, 5.74) is 0.413. The molecule has 23 heavy (non-hydrogen) atoms. The molecule has 0 spiro atoms. The van der Waals surface area contributed by atoms with Gasteiger partial charge in [-0.3, -0.25) is 4.79 Å². The Bertz CT molecular complexity index is 627. The van der Waals surface area contributed by atoms with Crippen LogP contribution in [0.1, 0.15) is 18.5 Å². The van der Waals surface area contributed by atoms with Gasteiger partial charge in [0.15, 0.2) is 10.8 Å². The normalized spacial score (nSPS) is 17.1. The number of nitrogens with zero attached hydrogens (tertiary/aromatic N) is 1. The molecule has 0 bridgehead atoms. The minimum atomic E-state index is -0.431. The van der Waals surface area contributed by atoms with Gasteiger partial charge in [0.25, 0.3) is 0 Å². The van der Waals surface area contributed by atoms with E-state index in [0.29, 0.717) is 13.2 Å². The van der Waals surface area contributed by atoms with Crippen LogP contribution in [0.2, 0.25) is 0 Å². The van der Waals surface area contributed by atoms with Crippen molar-refractivity contribution in [1.29, 1.82) is 0 Å². The summed E-state index contributed by atoms with van der Waals surface area (Å²) in [6, 6.07) is 3.72. The number of carbonyl (C=O) groups excluding carboxylic acids is 1. The molecule has 0 radical (unpaired) electrons. The van der Waals surface area contributed by atoms with Crippen LogP contribution in [0, 0.1) is 5.41 Å². The monoisotopic (exact) mass is 335 g/mol. The largest absolute Gasteiger partial charge is 0.462 e. The highest BCUT2D eigenvalue weighted by atomic mass is 32.1. The average Bonchev–Trinajstić information content (AvgIpc) is 3.25. The molecular formula is C16H21N3O3S. The fourth-order valence-corrected chi connectivity index (χ4v) is 3.66. The third-order valence-corrected chi connectivity index (χ3v) is 5.08. The maximum atomic E-state index is 12.7. The number of hydrogen-bond donors (Lipinski definition) is 2. The summed E-state index contributed by atoms with van der Waals surface area (Å²) in [5.74, 6) is 0.801. The summed E-state index contributed by atoms with van der Waals surface area (Å²) < 4.78 is 10.6. The number of rotatable bonds is 6. The molecule has 2 aromatic rings. The van der Waals surface area contributed by atoms with E-state index >= 15 is 0 Å². The van der Waals surface area contributed by atoms with Crippen molar-refractivity contribution < 1.29 is 13.9 Å². The molecule has 1 saturated heterocycles. The summed E-state index contributed by atoms with van der Waals surface area (Å²) in [5, 5.41) is 9.08. The summed E-state index contributed by atoms with van der Waals surface area (Å²) in [6.45, 7) is 2.57. The molecule has 1 amide bonds. The minimum absolute atomic E-state index is 0.0494. The quantitative estimate of drug-likeness (QED) is 0.845. The highest BCUT2D eigenvalue weighted by Gasteiger charge is 2.39. The Morgan fingerprint density at radius 2 is 2.35 bits per heavy atom. The molecule has 1 aliphatic heterocycles. The zero-order chi connectivity index (χ0) is 16.1. The van der Waals surface area contributed by atoms with Gasteiger partial charge in [-0.25, -0.2) is 4.98 Å². The van der Waals surface area contributed by atoms with Gasteiger partial charge in [-0.05, 0) is 38.1 Å². The van der Waals surface area contributed by atoms with Gasteiger partial charge in [-0.15, -0.1) is 11.3 Å². The Morgan fingerprint density at radius 3 is 3.04 bits per heavy atom. The molecule has 0 atom stereocenters. The number of ether oxygens (including phenoxy) is 1. The Kier molecular flexibility index (Phi) is 5.09. The molecule has 3 rings (SSSR count). The van der Waals surface area contributed by atoms with Crippen molar-refractivity contribution in [2.24, 2.45) is 5.41 Å². The van der Waals surface area contributed by atoms with Gasteiger partial charge in [0.05, 0.1) is 30.5 Å². The van der Waals surface area contributed by atoms with E-state index in [0.717, 1.165) is 42.4 Å². The lowest BCUT2D eigenvalue weighted by atomic mass is 9.78. The fraction of sp³-hybridized carbons (Fsp3) is 0.500. The first kappa shape index (κ1) is 16.2. The van der Waals surface area contributed by atoms with E-state index in [1.807, 2.05) is 17.5 Å². The summed E-state index contributed by atoms with van der Waals surface area (Å²) in [4.78, 5) is 17.2. The van der Waals surface area contributed by atoms with Crippen molar-refractivity contribution in [2.75, 3.05) is 26.8 Å².